The SMILES string of the molecule is CCCCCCCCCNC(=O)Cc1ccc(OCCN)c(OC)c1. The molecule has 0 atom stereocenters. The van der Waals surface area contributed by atoms with Crippen molar-refractivity contribution >= 4 is 5.91 Å². The number of carbonyl (C=O) groups is 1. The molecule has 1 aromatic carbocycles. The first-order chi connectivity index (χ1) is 12.2. The van der Waals surface area contributed by atoms with Crippen LogP contribution < -0.4 is 20.5 Å². The molecule has 0 saturated carbocycles. The largest absolute Gasteiger partial charge is 0.493 e. The van der Waals surface area contributed by atoms with Gasteiger partial charge in [-0.15, -0.1) is 0 Å². The molecular formula is C20H34N2O3. The van der Waals surface area contributed by atoms with E-state index in [4.69, 9.17) is 15.2 Å². The maximum Gasteiger partial charge on any atom is 0.224 e. The van der Waals surface area contributed by atoms with E-state index in [1.54, 1.807) is 7.11 Å². The van der Waals surface area contributed by atoms with Gasteiger partial charge in [0.1, 0.15) is 6.61 Å². The number of methoxy groups -OCH3 is 1. The van der Waals surface area contributed by atoms with Crippen molar-refractivity contribution < 1.29 is 14.3 Å². The van der Waals surface area contributed by atoms with Gasteiger partial charge in [0.2, 0.25) is 5.91 Å². The molecule has 1 rings (SSSR count). The van der Waals surface area contributed by atoms with Gasteiger partial charge >= 0.3 is 0 Å². The van der Waals surface area contributed by atoms with Crippen molar-refractivity contribution in [1.82, 2.24) is 5.32 Å². The highest BCUT2D eigenvalue weighted by molar-refractivity contribution is 5.78. The minimum atomic E-state index is 0.0451. The van der Waals surface area contributed by atoms with E-state index in [1.165, 1.54) is 38.5 Å². The molecule has 1 aromatic rings. The zero-order valence-corrected chi connectivity index (χ0v) is 15.8. The Hall–Kier alpha value is -1.75. The van der Waals surface area contributed by atoms with Crippen LogP contribution in [0.5, 0.6) is 11.5 Å². The van der Waals surface area contributed by atoms with Crippen LogP contribution >= 0.6 is 0 Å². The van der Waals surface area contributed by atoms with Crippen LogP contribution in [0.2, 0.25) is 0 Å². The fourth-order valence-corrected chi connectivity index (χ4v) is 2.67. The van der Waals surface area contributed by atoms with Crippen molar-refractivity contribution in [2.45, 2.75) is 58.3 Å². The third-order valence-corrected chi connectivity index (χ3v) is 4.07. The fraction of sp³-hybridized carbons (Fsp3) is 0.650. The van der Waals surface area contributed by atoms with Gasteiger partial charge < -0.3 is 20.5 Å². The molecule has 142 valence electrons. The number of benzene rings is 1. The minimum Gasteiger partial charge on any atom is -0.493 e. The lowest BCUT2D eigenvalue weighted by Gasteiger charge is -2.12. The third-order valence-electron chi connectivity index (χ3n) is 4.07. The van der Waals surface area contributed by atoms with E-state index in [1.807, 2.05) is 18.2 Å². The summed E-state index contributed by atoms with van der Waals surface area (Å²) in [6.07, 6.45) is 9.09. The highest BCUT2D eigenvalue weighted by Gasteiger charge is 2.08. The number of nitrogens with one attached hydrogen (secondary N) is 1. The van der Waals surface area contributed by atoms with Crippen molar-refractivity contribution in [3.05, 3.63) is 23.8 Å². The first-order valence-electron chi connectivity index (χ1n) is 9.47. The van der Waals surface area contributed by atoms with Crippen LogP contribution in [0.4, 0.5) is 0 Å². The number of amides is 1. The standard InChI is InChI=1S/C20H34N2O3/c1-3-4-5-6-7-8-9-13-22-20(23)16-17-10-11-18(25-14-12-21)19(15-17)24-2/h10-11,15H,3-9,12-14,16,21H2,1-2H3,(H,22,23). The Morgan fingerprint density at radius 3 is 2.48 bits per heavy atom. The number of nitrogens with two attached hydrogens (primary N) is 1. The molecular weight excluding hydrogens is 316 g/mol. The van der Waals surface area contributed by atoms with Crippen LogP contribution in [0.15, 0.2) is 18.2 Å². The quantitative estimate of drug-likeness (QED) is 0.504. The molecule has 5 nitrogen and oxygen atoms in total. The molecule has 0 spiro atoms. The summed E-state index contributed by atoms with van der Waals surface area (Å²) < 4.78 is 10.8. The highest BCUT2D eigenvalue weighted by Crippen LogP contribution is 2.28. The van der Waals surface area contributed by atoms with Gasteiger partial charge in [-0.25, -0.2) is 0 Å². The van der Waals surface area contributed by atoms with Crippen molar-refractivity contribution in [2.24, 2.45) is 5.73 Å². The van der Waals surface area contributed by atoms with E-state index in [0.29, 0.717) is 31.1 Å². The summed E-state index contributed by atoms with van der Waals surface area (Å²) in [6.45, 7) is 3.87. The third kappa shape index (κ3) is 9.34. The number of carbonyl (C=O) groups excluding carboxylic acids is 1. The highest BCUT2D eigenvalue weighted by atomic mass is 16.5. The van der Waals surface area contributed by atoms with Crippen molar-refractivity contribution in [2.75, 3.05) is 26.8 Å². The summed E-state index contributed by atoms with van der Waals surface area (Å²) in [4.78, 5) is 12.0. The van der Waals surface area contributed by atoms with E-state index in [0.717, 1.165) is 18.5 Å². The molecule has 0 radical (unpaired) electrons. The fourth-order valence-electron chi connectivity index (χ4n) is 2.67. The summed E-state index contributed by atoms with van der Waals surface area (Å²) in [5.41, 5.74) is 6.35. The lowest BCUT2D eigenvalue weighted by atomic mass is 10.1. The molecule has 0 aliphatic rings. The van der Waals surface area contributed by atoms with E-state index in [2.05, 4.69) is 12.2 Å². The van der Waals surface area contributed by atoms with E-state index in [9.17, 15) is 4.79 Å². The van der Waals surface area contributed by atoms with Gasteiger partial charge in [0.15, 0.2) is 11.5 Å². The molecule has 0 aliphatic heterocycles. The van der Waals surface area contributed by atoms with Gasteiger partial charge in [-0.2, -0.15) is 0 Å². The molecule has 5 heteroatoms. The number of rotatable bonds is 14. The topological polar surface area (TPSA) is 73.6 Å². The Morgan fingerprint density at radius 2 is 1.80 bits per heavy atom. The molecule has 0 bridgehead atoms. The summed E-state index contributed by atoms with van der Waals surface area (Å²) in [5, 5.41) is 2.99. The number of unbranched alkanes of at least 4 members (excludes halogenated alkanes) is 6. The Kier molecular flexibility index (Phi) is 11.5. The Balaban J connectivity index is 2.27. The number of hydrogen-bond donors (Lipinski definition) is 2. The van der Waals surface area contributed by atoms with Gasteiger partial charge in [0.05, 0.1) is 13.5 Å². The molecule has 25 heavy (non-hydrogen) atoms. The Bertz CT molecular complexity index is 492. The van der Waals surface area contributed by atoms with Crippen LogP contribution in [0.3, 0.4) is 0 Å². The van der Waals surface area contributed by atoms with Gasteiger partial charge in [0.25, 0.3) is 0 Å². The van der Waals surface area contributed by atoms with Gasteiger partial charge in [-0.3, -0.25) is 4.79 Å². The smallest absolute Gasteiger partial charge is 0.224 e. The predicted octanol–water partition coefficient (Wildman–Crippen LogP) is 3.44. The molecule has 0 saturated heterocycles. The first kappa shape index (κ1) is 21.3. The summed E-state index contributed by atoms with van der Waals surface area (Å²) in [6, 6.07) is 5.56. The average Bonchev–Trinajstić information content (AvgIpc) is 2.62. The average molecular weight is 351 g/mol. The van der Waals surface area contributed by atoms with Crippen molar-refractivity contribution in [3.63, 3.8) is 0 Å². The van der Waals surface area contributed by atoms with E-state index in [-0.39, 0.29) is 5.91 Å². The van der Waals surface area contributed by atoms with Gasteiger partial charge in [0, 0.05) is 13.1 Å². The molecule has 1 amide bonds. The molecule has 0 fully saturated rings. The number of hydrogen-bond acceptors (Lipinski definition) is 4. The van der Waals surface area contributed by atoms with Crippen LogP contribution in [0.25, 0.3) is 0 Å². The van der Waals surface area contributed by atoms with Crippen LogP contribution in [-0.4, -0.2) is 32.7 Å². The monoisotopic (exact) mass is 350 g/mol. The Labute approximate surface area is 152 Å². The van der Waals surface area contributed by atoms with Gasteiger partial charge in [-0.05, 0) is 24.1 Å². The van der Waals surface area contributed by atoms with Crippen LogP contribution in [0.1, 0.15) is 57.4 Å². The maximum atomic E-state index is 12.0. The minimum absolute atomic E-state index is 0.0451. The first-order valence-corrected chi connectivity index (χ1v) is 9.47. The predicted molar refractivity (Wildman–Crippen MR) is 102 cm³/mol. The van der Waals surface area contributed by atoms with Crippen LogP contribution in [-0.2, 0) is 11.2 Å². The van der Waals surface area contributed by atoms with Crippen molar-refractivity contribution in [3.8, 4) is 11.5 Å². The second-order valence-corrected chi connectivity index (χ2v) is 6.27. The van der Waals surface area contributed by atoms with E-state index < -0.39 is 0 Å². The molecule has 0 aromatic heterocycles. The maximum absolute atomic E-state index is 12.0. The second-order valence-electron chi connectivity index (χ2n) is 6.27. The normalized spacial score (nSPS) is 10.5. The Morgan fingerprint density at radius 1 is 1.08 bits per heavy atom. The number of ether oxygens (including phenoxy) is 2. The van der Waals surface area contributed by atoms with E-state index >= 15 is 0 Å². The van der Waals surface area contributed by atoms with Crippen molar-refractivity contribution in [1.29, 1.82) is 0 Å². The second kappa shape index (κ2) is 13.5. The molecule has 0 heterocycles. The summed E-state index contributed by atoms with van der Waals surface area (Å²) >= 11 is 0. The zero-order chi connectivity index (χ0) is 18.3. The van der Waals surface area contributed by atoms with Gasteiger partial charge in [-0.1, -0.05) is 51.5 Å². The summed E-state index contributed by atoms with van der Waals surface area (Å²) in [7, 11) is 1.59. The summed E-state index contributed by atoms with van der Waals surface area (Å²) in [5.74, 6) is 1.33. The lowest BCUT2D eigenvalue weighted by molar-refractivity contribution is -0.120. The molecule has 0 aliphatic carbocycles. The zero-order valence-electron chi connectivity index (χ0n) is 15.8. The molecule has 0 unspecified atom stereocenters. The van der Waals surface area contributed by atoms with Crippen LogP contribution in [0, 0.1) is 0 Å². The lowest BCUT2D eigenvalue weighted by Crippen LogP contribution is -2.26. The molecule has 3 N–H and O–H groups in total.